The molecule has 0 fully saturated rings. The largest absolute Gasteiger partial charge is 0.496 e. The molecule has 0 amide bonds. The minimum atomic E-state index is 0.235. The van der Waals surface area contributed by atoms with Crippen molar-refractivity contribution < 1.29 is 4.74 Å². The summed E-state index contributed by atoms with van der Waals surface area (Å²) in [7, 11) is 1.64. The summed E-state index contributed by atoms with van der Waals surface area (Å²) in [6.45, 7) is 1.98. The molecule has 0 aliphatic heterocycles. The van der Waals surface area contributed by atoms with E-state index < -0.39 is 0 Å². The van der Waals surface area contributed by atoms with Gasteiger partial charge in [0.05, 0.1) is 17.0 Å². The maximum absolute atomic E-state index is 5.44. The molecule has 0 radical (unpaired) electrons. The summed E-state index contributed by atoms with van der Waals surface area (Å²) >= 11 is 6.43. The Labute approximate surface area is 115 Å². The first-order chi connectivity index (χ1) is 8.60. The fourth-order valence-electron chi connectivity index (χ4n) is 1.60. The summed E-state index contributed by atoms with van der Waals surface area (Å²) in [5.74, 6) is 0.764. The smallest absolute Gasteiger partial charge is 0.168 e. The number of rotatable bonds is 3. The molecule has 0 aliphatic rings. The van der Waals surface area contributed by atoms with Gasteiger partial charge in [-0.05, 0) is 31.3 Å². The highest BCUT2D eigenvalue weighted by Gasteiger charge is 2.09. The summed E-state index contributed by atoms with van der Waals surface area (Å²) in [6, 6.07) is 5.74. The van der Waals surface area contributed by atoms with Crippen molar-refractivity contribution in [2.75, 3.05) is 12.4 Å². The maximum atomic E-state index is 5.44. The quantitative estimate of drug-likeness (QED) is 0.846. The molecule has 4 nitrogen and oxygen atoms in total. The van der Waals surface area contributed by atoms with Crippen molar-refractivity contribution in [3.63, 3.8) is 0 Å². The fraction of sp³-hybridized carbons (Fsp3) is 0.167. The topological polar surface area (TPSA) is 60.2 Å². The van der Waals surface area contributed by atoms with Crippen LogP contribution in [0, 0.1) is 6.92 Å². The number of benzene rings is 1. The molecule has 0 bridgehead atoms. The first-order valence-corrected chi connectivity index (χ1v) is 6.50. The number of aryl methyl sites for hydroxylation is 1. The molecule has 2 aromatic rings. The molecule has 3 N–H and O–H groups in total. The van der Waals surface area contributed by atoms with E-state index in [0.717, 1.165) is 26.9 Å². The van der Waals surface area contributed by atoms with Crippen molar-refractivity contribution in [1.29, 1.82) is 0 Å². The third kappa shape index (κ3) is 2.77. The van der Waals surface area contributed by atoms with Gasteiger partial charge < -0.3 is 15.8 Å². The van der Waals surface area contributed by atoms with Crippen molar-refractivity contribution in [2.45, 2.75) is 6.92 Å². The van der Waals surface area contributed by atoms with Crippen LogP contribution in [0.15, 0.2) is 24.4 Å². The van der Waals surface area contributed by atoms with Crippen LogP contribution in [0.4, 0.5) is 5.69 Å². The Hall–Kier alpha value is -1.66. The van der Waals surface area contributed by atoms with Gasteiger partial charge in [-0.3, -0.25) is 0 Å². The molecule has 1 aromatic heterocycles. The van der Waals surface area contributed by atoms with Crippen LogP contribution in [0.3, 0.4) is 0 Å². The summed E-state index contributed by atoms with van der Waals surface area (Å²) in [6.07, 6.45) is 1.85. The SMILES string of the molecule is COc1cc(NC(N)=S)ccc1-c1cnc(C)s1. The van der Waals surface area contributed by atoms with Crippen molar-refractivity contribution in [3.8, 4) is 16.2 Å². The molecular weight excluding hydrogens is 266 g/mol. The zero-order valence-corrected chi connectivity index (χ0v) is 11.7. The van der Waals surface area contributed by atoms with E-state index in [4.69, 9.17) is 22.7 Å². The van der Waals surface area contributed by atoms with E-state index in [-0.39, 0.29) is 5.11 Å². The minimum absolute atomic E-state index is 0.235. The van der Waals surface area contributed by atoms with Crippen LogP contribution < -0.4 is 15.8 Å². The highest BCUT2D eigenvalue weighted by molar-refractivity contribution is 7.80. The average molecular weight is 279 g/mol. The molecule has 0 aliphatic carbocycles. The third-order valence-corrected chi connectivity index (χ3v) is 3.40. The predicted octanol–water partition coefficient (Wildman–Crippen LogP) is 2.78. The van der Waals surface area contributed by atoms with Crippen molar-refractivity contribution in [1.82, 2.24) is 4.98 Å². The normalized spacial score (nSPS) is 10.1. The van der Waals surface area contributed by atoms with Crippen LogP contribution in [0.1, 0.15) is 5.01 Å². The van der Waals surface area contributed by atoms with E-state index in [2.05, 4.69) is 10.3 Å². The lowest BCUT2D eigenvalue weighted by molar-refractivity contribution is 0.417. The number of methoxy groups -OCH3 is 1. The monoisotopic (exact) mass is 279 g/mol. The second-order valence-corrected chi connectivity index (χ2v) is 5.32. The van der Waals surface area contributed by atoms with Crippen molar-refractivity contribution >= 4 is 34.4 Å². The van der Waals surface area contributed by atoms with E-state index in [0.29, 0.717) is 0 Å². The highest BCUT2D eigenvalue weighted by Crippen LogP contribution is 2.35. The molecule has 0 atom stereocenters. The number of aromatic nitrogens is 1. The van der Waals surface area contributed by atoms with Crippen LogP contribution in [-0.2, 0) is 0 Å². The molecule has 0 saturated carbocycles. The minimum Gasteiger partial charge on any atom is -0.496 e. The highest BCUT2D eigenvalue weighted by atomic mass is 32.1. The number of nitrogens with zero attached hydrogens (tertiary/aromatic N) is 1. The molecule has 94 valence electrons. The molecular formula is C12H13N3OS2. The van der Waals surface area contributed by atoms with Gasteiger partial charge in [0.25, 0.3) is 0 Å². The first-order valence-electron chi connectivity index (χ1n) is 5.27. The summed E-state index contributed by atoms with van der Waals surface area (Å²) in [4.78, 5) is 5.32. The number of nitrogens with one attached hydrogen (secondary N) is 1. The average Bonchev–Trinajstić information content (AvgIpc) is 2.74. The lowest BCUT2D eigenvalue weighted by atomic mass is 10.1. The van der Waals surface area contributed by atoms with Gasteiger partial charge in [-0.25, -0.2) is 4.98 Å². The molecule has 0 unspecified atom stereocenters. The number of hydrogen-bond acceptors (Lipinski definition) is 4. The third-order valence-electron chi connectivity index (χ3n) is 2.36. The Morgan fingerprint density at radius 1 is 1.50 bits per heavy atom. The summed E-state index contributed by atoms with van der Waals surface area (Å²) < 4.78 is 5.39. The zero-order chi connectivity index (χ0) is 13.1. The van der Waals surface area contributed by atoms with Gasteiger partial charge in [0, 0.05) is 23.5 Å². The number of thiocarbonyl (C=S) groups is 1. The molecule has 0 spiro atoms. The molecule has 18 heavy (non-hydrogen) atoms. The van der Waals surface area contributed by atoms with Crippen molar-refractivity contribution in [2.24, 2.45) is 5.73 Å². The standard InChI is InChI=1S/C12H13N3OS2/c1-7-14-6-11(18-7)9-4-3-8(15-12(13)17)5-10(9)16-2/h3-6H,1-2H3,(H3,13,15,17). The Morgan fingerprint density at radius 3 is 2.83 bits per heavy atom. The number of ether oxygens (including phenoxy) is 1. The van der Waals surface area contributed by atoms with Crippen LogP contribution in [0.2, 0.25) is 0 Å². The summed E-state index contributed by atoms with van der Waals surface area (Å²) in [5.41, 5.74) is 7.26. The molecule has 0 saturated heterocycles. The fourth-order valence-corrected chi connectivity index (χ4v) is 2.53. The van der Waals surface area contributed by atoms with Gasteiger partial charge in [0.2, 0.25) is 0 Å². The molecule has 2 rings (SSSR count). The van der Waals surface area contributed by atoms with E-state index >= 15 is 0 Å². The van der Waals surface area contributed by atoms with Gasteiger partial charge >= 0.3 is 0 Å². The molecule has 1 aromatic carbocycles. The van der Waals surface area contributed by atoms with Crippen LogP contribution in [0.25, 0.3) is 10.4 Å². The Bertz CT molecular complexity index is 580. The second kappa shape index (κ2) is 5.32. The van der Waals surface area contributed by atoms with Crippen molar-refractivity contribution in [3.05, 3.63) is 29.4 Å². The number of hydrogen-bond donors (Lipinski definition) is 2. The number of anilines is 1. The Kier molecular flexibility index (Phi) is 3.78. The molecule has 6 heteroatoms. The van der Waals surface area contributed by atoms with Crippen LogP contribution >= 0.6 is 23.6 Å². The number of thiazole rings is 1. The van der Waals surface area contributed by atoms with Gasteiger partial charge in [-0.15, -0.1) is 11.3 Å². The summed E-state index contributed by atoms with van der Waals surface area (Å²) in [5, 5.41) is 4.14. The Balaban J connectivity index is 2.40. The lowest BCUT2D eigenvalue weighted by Gasteiger charge is -2.10. The Morgan fingerprint density at radius 2 is 2.28 bits per heavy atom. The van der Waals surface area contributed by atoms with Gasteiger partial charge in [0.15, 0.2) is 5.11 Å². The molecule has 1 heterocycles. The van der Waals surface area contributed by atoms with Gasteiger partial charge in [-0.1, -0.05) is 0 Å². The lowest BCUT2D eigenvalue weighted by Crippen LogP contribution is -2.18. The van der Waals surface area contributed by atoms with Gasteiger partial charge in [0.1, 0.15) is 5.75 Å². The van der Waals surface area contributed by atoms with Gasteiger partial charge in [-0.2, -0.15) is 0 Å². The van der Waals surface area contributed by atoms with E-state index in [1.807, 2.05) is 31.3 Å². The van der Waals surface area contributed by atoms with E-state index in [1.165, 1.54) is 0 Å². The van der Waals surface area contributed by atoms with E-state index in [9.17, 15) is 0 Å². The van der Waals surface area contributed by atoms with Crippen LogP contribution in [0.5, 0.6) is 5.75 Å². The maximum Gasteiger partial charge on any atom is 0.168 e. The second-order valence-electron chi connectivity index (χ2n) is 3.65. The van der Waals surface area contributed by atoms with E-state index in [1.54, 1.807) is 18.4 Å². The first kappa shape index (κ1) is 12.8. The number of nitrogens with two attached hydrogens (primary N) is 1. The predicted molar refractivity (Wildman–Crippen MR) is 79.2 cm³/mol. The zero-order valence-electron chi connectivity index (χ0n) is 10.1. The van der Waals surface area contributed by atoms with Crippen LogP contribution in [-0.4, -0.2) is 17.2 Å².